The Bertz CT molecular complexity index is 656. The maximum absolute atomic E-state index is 11.5. The molecule has 0 spiro atoms. The van der Waals surface area contributed by atoms with Gasteiger partial charge in [-0.3, -0.25) is 15.1 Å². The normalized spacial score (nSPS) is 17.9. The van der Waals surface area contributed by atoms with Crippen molar-refractivity contribution in [2.24, 2.45) is 4.99 Å². The number of nitrogens with zero attached hydrogens (tertiary/aromatic N) is 2. The van der Waals surface area contributed by atoms with Gasteiger partial charge in [-0.15, -0.1) is 0 Å². The van der Waals surface area contributed by atoms with Gasteiger partial charge in [-0.2, -0.15) is 0 Å². The maximum Gasteiger partial charge on any atom is 0.270 e. The molecule has 1 aromatic carbocycles. The van der Waals surface area contributed by atoms with Crippen LogP contribution < -0.4 is 0 Å². The third-order valence-corrected chi connectivity index (χ3v) is 6.28. The second kappa shape index (κ2) is 12.6. The fourth-order valence-corrected chi connectivity index (χ4v) is 4.34. The molecule has 1 fully saturated rings. The first-order valence-corrected chi connectivity index (χ1v) is 11.6. The molecule has 1 aromatic rings. The van der Waals surface area contributed by atoms with Crippen molar-refractivity contribution in [2.45, 2.75) is 109 Å². The largest absolute Gasteiger partial charge is 0.507 e. The van der Waals surface area contributed by atoms with Crippen LogP contribution in [0.4, 0.5) is 5.69 Å². The Morgan fingerprint density at radius 1 is 1.03 bits per heavy atom. The summed E-state index contributed by atoms with van der Waals surface area (Å²) < 4.78 is 0. The Morgan fingerprint density at radius 3 is 2.03 bits per heavy atom. The summed E-state index contributed by atoms with van der Waals surface area (Å²) in [6.45, 7) is 4.16. The number of aromatic hydroxyl groups is 1. The molecule has 0 bridgehead atoms. The third-order valence-electron chi connectivity index (χ3n) is 6.28. The number of rotatable bonds is 6. The molecule has 29 heavy (non-hydrogen) atoms. The smallest absolute Gasteiger partial charge is 0.270 e. The fraction of sp³-hybridized carbons (Fsp3) is 0.708. The molecule has 5 heteroatoms. The van der Waals surface area contributed by atoms with Gasteiger partial charge in [0.05, 0.1) is 4.92 Å². The lowest BCUT2D eigenvalue weighted by Crippen LogP contribution is -2.05. The van der Waals surface area contributed by atoms with Crippen LogP contribution in [-0.4, -0.2) is 22.3 Å². The van der Waals surface area contributed by atoms with Gasteiger partial charge in [0.15, 0.2) is 0 Å². The van der Waals surface area contributed by atoms with Gasteiger partial charge in [-0.05, 0) is 31.6 Å². The first kappa shape index (κ1) is 23.4. The van der Waals surface area contributed by atoms with E-state index in [9.17, 15) is 15.2 Å². The van der Waals surface area contributed by atoms with Crippen LogP contribution >= 0.6 is 0 Å². The molecule has 0 amide bonds. The van der Waals surface area contributed by atoms with E-state index in [2.05, 4.69) is 18.8 Å². The summed E-state index contributed by atoms with van der Waals surface area (Å²) in [4.78, 5) is 15.7. The van der Waals surface area contributed by atoms with E-state index < -0.39 is 0 Å². The highest BCUT2D eigenvalue weighted by atomic mass is 16.6. The molecule has 2 rings (SSSR count). The lowest BCUT2D eigenvalue weighted by atomic mass is 9.86. The topological polar surface area (TPSA) is 75.7 Å². The van der Waals surface area contributed by atoms with Crippen molar-refractivity contribution in [1.29, 1.82) is 0 Å². The molecule has 1 aliphatic carbocycles. The van der Waals surface area contributed by atoms with Gasteiger partial charge in [-0.25, -0.2) is 0 Å². The third kappa shape index (κ3) is 7.45. The number of benzene rings is 1. The second-order valence-electron chi connectivity index (χ2n) is 8.43. The zero-order valence-electron chi connectivity index (χ0n) is 18.2. The number of hydrogen-bond donors (Lipinski definition) is 1. The van der Waals surface area contributed by atoms with Gasteiger partial charge in [0.1, 0.15) is 5.75 Å². The minimum atomic E-state index is -0.354. The highest BCUT2D eigenvalue weighted by Crippen LogP contribution is 2.38. The molecule has 162 valence electrons. The zero-order valence-corrected chi connectivity index (χ0v) is 18.2. The van der Waals surface area contributed by atoms with Crippen molar-refractivity contribution in [3.8, 4) is 5.75 Å². The molecule has 0 aromatic heterocycles. The van der Waals surface area contributed by atoms with Gasteiger partial charge in [0.25, 0.3) is 5.69 Å². The standard InChI is InChI=1S/C24H38N2O3/c1-3-21(4-2)25-18-20-16-22(26(28)29)17-23(24(20)27)19-14-12-10-8-6-5-7-9-11-13-15-19/h16-19,21,27H,3-15H2,1-2H3. The minimum Gasteiger partial charge on any atom is -0.507 e. The van der Waals surface area contributed by atoms with E-state index in [-0.39, 0.29) is 28.3 Å². The maximum atomic E-state index is 11.5. The molecule has 1 N–H and O–H groups in total. The summed E-state index contributed by atoms with van der Waals surface area (Å²) in [6, 6.07) is 3.24. The average molecular weight is 403 g/mol. The van der Waals surface area contributed by atoms with Crippen LogP contribution in [0.15, 0.2) is 17.1 Å². The SMILES string of the molecule is CCC(CC)N=Cc1cc([N+](=O)[O-])cc(C2CCCCCCCCCCC2)c1O. The van der Waals surface area contributed by atoms with E-state index in [4.69, 9.17) is 0 Å². The number of nitro benzene ring substituents is 1. The van der Waals surface area contributed by atoms with Crippen molar-refractivity contribution in [2.75, 3.05) is 0 Å². The lowest BCUT2D eigenvalue weighted by molar-refractivity contribution is -0.385. The number of non-ortho nitro benzene ring substituents is 1. The van der Waals surface area contributed by atoms with E-state index in [1.165, 1.54) is 51.0 Å². The van der Waals surface area contributed by atoms with Crippen molar-refractivity contribution < 1.29 is 10.0 Å². The van der Waals surface area contributed by atoms with Crippen LogP contribution in [0.2, 0.25) is 0 Å². The summed E-state index contributed by atoms with van der Waals surface area (Å²) in [5, 5.41) is 22.5. The summed E-state index contributed by atoms with van der Waals surface area (Å²) in [7, 11) is 0. The Balaban J connectivity index is 2.32. The second-order valence-corrected chi connectivity index (χ2v) is 8.43. The van der Waals surface area contributed by atoms with Crippen LogP contribution in [-0.2, 0) is 0 Å². The van der Waals surface area contributed by atoms with Crippen molar-refractivity contribution in [1.82, 2.24) is 0 Å². The molecule has 1 saturated carbocycles. The predicted molar refractivity (Wildman–Crippen MR) is 120 cm³/mol. The minimum absolute atomic E-state index is 0.0508. The molecule has 1 aliphatic rings. The first-order chi connectivity index (χ1) is 14.1. The summed E-state index contributed by atoms with van der Waals surface area (Å²) in [5.74, 6) is 0.358. The van der Waals surface area contributed by atoms with E-state index in [0.717, 1.165) is 44.1 Å². The number of aliphatic imine (C=N–C) groups is 1. The first-order valence-electron chi connectivity index (χ1n) is 11.6. The number of nitro groups is 1. The van der Waals surface area contributed by atoms with Crippen LogP contribution in [0.3, 0.4) is 0 Å². The van der Waals surface area contributed by atoms with Crippen molar-refractivity contribution in [3.63, 3.8) is 0 Å². The number of phenols is 1. The molecular formula is C24H38N2O3. The van der Waals surface area contributed by atoms with E-state index >= 15 is 0 Å². The lowest BCUT2D eigenvalue weighted by Gasteiger charge is -2.20. The predicted octanol–water partition coefficient (Wildman–Crippen LogP) is 7.30. The summed E-state index contributed by atoms with van der Waals surface area (Å²) in [6.07, 6.45) is 16.6. The zero-order chi connectivity index (χ0) is 21.1. The molecule has 0 unspecified atom stereocenters. The van der Waals surface area contributed by atoms with E-state index in [1.54, 1.807) is 12.3 Å². The van der Waals surface area contributed by atoms with Crippen LogP contribution in [0.25, 0.3) is 0 Å². The van der Waals surface area contributed by atoms with Gasteiger partial charge in [-0.1, -0.05) is 71.6 Å². The molecule has 0 aliphatic heterocycles. The van der Waals surface area contributed by atoms with Gasteiger partial charge >= 0.3 is 0 Å². The van der Waals surface area contributed by atoms with Gasteiger partial charge in [0, 0.05) is 35.5 Å². The highest BCUT2D eigenvalue weighted by molar-refractivity contribution is 5.85. The Hall–Kier alpha value is -1.91. The van der Waals surface area contributed by atoms with Crippen molar-refractivity contribution in [3.05, 3.63) is 33.4 Å². The Labute approximate surface area is 175 Å². The van der Waals surface area contributed by atoms with E-state index in [1.807, 2.05) is 0 Å². The Kier molecular flexibility index (Phi) is 10.2. The van der Waals surface area contributed by atoms with Crippen molar-refractivity contribution >= 4 is 11.9 Å². The summed E-state index contributed by atoms with van der Waals surface area (Å²) >= 11 is 0. The monoisotopic (exact) mass is 402 g/mol. The van der Waals surface area contributed by atoms with Crippen LogP contribution in [0, 0.1) is 10.1 Å². The van der Waals surface area contributed by atoms with Crippen LogP contribution in [0.5, 0.6) is 5.75 Å². The summed E-state index contributed by atoms with van der Waals surface area (Å²) in [5.41, 5.74) is 1.27. The van der Waals surface area contributed by atoms with Crippen LogP contribution in [0.1, 0.15) is 114 Å². The molecular weight excluding hydrogens is 364 g/mol. The van der Waals surface area contributed by atoms with E-state index in [0.29, 0.717) is 5.56 Å². The van der Waals surface area contributed by atoms with Gasteiger partial charge in [0.2, 0.25) is 0 Å². The highest BCUT2D eigenvalue weighted by Gasteiger charge is 2.22. The fourth-order valence-electron chi connectivity index (χ4n) is 4.34. The molecule has 0 atom stereocenters. The number of phenolic OH excluding ortho intramolecular Hbond substituents is 1. The average Bonchev–Trinajstić information content (AvgIpc) is 2.70. The molecule has 0 saturated heterocycles. The molecule has 0 heterocycles. The molecule has 0 radical (unpaired) electrons. The quantitative estimate of drug-likeness (QED) is 0.308. The number of hydrogen-bond acceptors (Lipinski definition) is 4. The molecule has 5 nitrogen and oxygen atoms in total. The Morgan fingerprint density at radius 2 is 1.55 bits per heavy atom. The van der Waals surface area contributed by atoms with Gasteiger partial charge < -0.3 is 5.11 Å².